The van der Waals surface area contributed by atoms with Crippen molar-refractivity contribution in [1.29, 1.82) is 0 Å². The van der Waals surface area contributed by atoms with Gasteiger partial charge < -0.3 is 4.90 Å². The first-order valence-electron chi connectivity index (χ1n) is 7.11. The second-order valence-electron chi connectivity index (χ2n) is 6.01. The molecule has 0 amide bonds. The lowest BCUT2D eigenvalue weighted by molar-refractivity contribution is -0.119. The number of benzene rings is 1. The van der Waals surface area contributed by atoms with Crippen LogP contribution in [0.25, 0.3) is 0 Å². The van der Waals surface area contributed by atoms with Gasteiger partial charge >= 0.3 is 0 Å². The zero-order chi connectivity index (χ0) is 14.7. The topological polar surface area (TPSA) is 23.6 Å². The maximum atomic E-state index is 13.5. The molecule has 1 aromatic carbocycles. The van der Waals surface area contributed by atoms with Crippen molar-refractivity contribution in [1.82, 2.24) is 9.80 Å². The largest absolute Gasteiger partial charge is 0.305 e. The number of hydrogen-bond acceptors (Lipinski definition) is 3. The number of ketones is 1. The van der Waals surface area contributed by atoms with E-state index in [0.717, 1.165) is 13.1 Å². The first-order chi connectivity index (χ1) is 9.47. The molecular formula is C16H23FN2O. The van der Waals surface area contributed by atoms with Gasteiger partial charge in [0.2, 0.25) is 0 Å². The third kappa shape index (κ3) is 3.64. The standard InChI is InChI=1S/C16H23FN2O/c1-12-9-19(11-16(12)18(2)3)10-14(20)8-13-6-4-5-7-15(13)17/h4-7,12,16H,8-11H2,1-3H3. The van der Waals surface area contributed by atoms with Crippen molar-refractivity contribution in [3.05, 3.63) is 35.6 Å². The number of rotatable bonds is 5. The van der Waals surface area contributed by atoms with Gasteiger partial charge in [-0.1, -0.05) is 25.1 Å². The molecule has 2 atom stereocenters. The zero-order valence-corrected chi connectivity index (χ0v) is 12.5. The minimum absolute atomic E-state index is 0.0849. The Morgan fingerprint density at radius 2 is 2.05 bits per heavy atom. The van der Waals surface area contributed by atoms with E-state index in [0.29, 0.717) is 24.1 Å². The quantitative estimate of drug-likeness (QED) is 0.821. The van der Waals surface area contributed by atoms with E-state index in [9.17, 15) is 9.18 Å². The van der Waals surface area contributed by atoms with E-state index >= 15 is 0 Å². The molecule has 0 radical (unpaired) electrons. The van der Waals surface area contributed by atoms with Crippen LogP contribution in [-0.2, 0) is 11.2 Å². The van der Waals surface area contributed by atoms with Crippen molar-refractivity contribution < 1.29 is 9.18 Å². The van der Waals surface area contributed by atoms with Crippen LogP contribution in [0, 0.1) is 11.7 Å². The number of nitrogens with zero attached hydrogens (tertiary/aromatic N) is 2. The monoisotopic (exact) mass is 278 g/mol. The van der Waals surface area contributed by atoms with Crippen LogP contribution in [0.4, 0.5) is 4.39 Å². The van der Waals surface area contributed by atoms with E-state index in [1.165, 1.54) is 6.07 Å². The molecule has 110 valence electrons. The van der Waals surface area contributed by atoms with E-state index in [4.69, 9.17) is 0 Å². The molecule has 4 heteroatoms. The van der Waals surface area contributed by atoms with E-state index in [1.54, 1.807) is 18.2 Å². The Morgan fingerprint density at radius 1 is 1.35 bits per heavy atom. The van der Waals surface area contributed by atoms with Crippen molar-refractivity contribution in [3.8, 4) is 0 Å². The SMILES string of the molecule is CC1CN(CC(=O)Cc2ccccc2F)CC1N(C)C. The van der Waals surface area contributed by atoms with Crippen molar-refractivity contribution in [3.63, 3.8) is 0 Å². The summed E-state index contributed by atoms with van der Waals surface area (Å²) in [6.45, 7) is 4.48. The number of hydrogen-bond donors (Lipinski definition) is 0. The van der Waals surface area contributed by atoms with Gasteiger partial charge in [-0.15, -0.1) is 0 Å². The number of likely N-dealkylation sites (tertiary alicyclic amines) is 1. The van der Waals surface area contributed by atoms with Crippen LogP contribution in [0.1, 0.15) is 12.5 Å². The normalized spacial score (nSPS) is 23.4. The summed E-state index contributed by atoms with van der Waals surface area (Å²) < 4.78 is 13.5. The molecule has 1 aromatic rings. The van der Waals surface area contributed by atoms with Crippen molar-refractivity contribution >= 4 is 5.78 Å². The Morgan fingerprint density at radius 3 is 2.65 bits per heavy atom. The fraction of sp³-hybridized carbons (Fsp3) is 0.562. The van der Waals surface area contributed by atoms with Gasteiger partial charge in [-0.25, -0.2) is 4.39 Å². The minimum atomic E-state index is -0.290. The highest BCUT2D eigenvalue weighted by molar-refractivity contribution is 5.82. The van der Waals surface area contributed by atoms with Gasteiger partial charge in [0.25, 0.3) is 0 Å². The van der Waals surface area contributed by atoms with Crippen molar-refractivity contribution in [2.24, 2.45) is 5.92 Å². The molecule has 0 spiro atoms. The van der Waals surface area contributed by atoms with Crippen LogP contribution in [0.5, 0.6) is 0 Å². The third-order valence-corrected chi connectivity index (χ3v) is 4.06. The number of halogens is 1. The molecule has 3 nitrogen and oxygen atoms in total. The van der Waals surface area contributed by atoms with Gasteiger partial charge in [-0.05, 0) is 31.6 Å². The molecule has 1 aliphatic rings. The summed E-state index contributed by atoms with van der Waals surface area (Å²) in [5, 5.41) is 0. The Hall–Kier alpha value is -1.26. The highest BCUT2D eigenvalue weighted by Gasteiger charge is 2.31. The summed E-state index contributed by atoms with van der Waals surface area (Å²) in [4.78, 5) is 16.5. The second-order valence-corrected chi connectivity index (χ2v) is 6.01. The first-order valence-corrected chi connectivity index (χ1v) is 7.11. The van der Waals surface area contributed by atoms with Crippen LogP contribution < -0.4 is 0 Å². The molecule has 1 heterocycles. The van der Waals surface area contributed by atoms with Gasteiger partial charge in [0.15, 0.2) is 5.78 Å². The minimum Gasteiger partial charge on any atom is -0.305 e. The number of carbonyl (C=O) groups excluding carboxylic acids is 1. The lowest BCUT2D eigenvalue weighted by atomic mass is 10.1. The molecule has 0 saturated carbocycles. The smallest absolute Gasteiger partial charge is 0.151 e. The molecule has 0 N–H and O–H groups in total. The molecular weight excluding hydrogens is 255 g/mol. The summed E-state index contributed by atoms with van der Waals surface area (Å²) in [5.41, 5.74) is 0.494. The lowest BCUT2D eigenvalue weighted by Crippen LogP contribution is -2.35. The predicted octanol–water partition coefficient (Wildman–Crippen LogP) is 1.82. The average molecular weight is 278 g/mol. The fourth-order valence-corrected chi connectivity index (χ4v) is 3.01. The van der Waals surface area contributed by atoms with Gasteiger partial charge in [-0.3, -0.25) is 9.69 Å². The third-order valence-electron chi connectivity index (χ3n) is 4.06. The molecule has 0 aliphatic carbocycles. The Bertz CT molecular complexity index is 475. The van der Waals surface area contributed by atoms with Crippen LogP contribution >= 0.6 is 0 Å². The maximum absolute atomic E-state index is 13.5. The lowest BCUT2D eigenvalue weighted by Gasteiger charge is -2.22. The molecule has 0 aromatic heterocycles. The predicted molar refractivity (Wildman–Crippen MR) is 78.2 cm³/mol. The summed E-state index contributed by atoms with van der Waals surface area (Å²) in [5.74, 6) is 0.356. The van der Waals surface area contributed by atoms with Crippen molar-refractivity contribution in [2.45, 2.75) is 19.4 Å². The van der Waals surface area contributed by atoms with Gasteiger partial charge in [-0.2, -0.15) is 0 Å². The van der Waals surface area contributed by atoms with Gasteiger partial charge in [0.1, 0.15) is 5.82 Å². The number of Topliss-reactive ketones (excluding diaryl/α,β-unsaturated/α-hetero) is 1. The Balaban J connectivity index is 1.89. The van der Waals surface area contributed by atoms with E-state index in [2.05, 4.69) is 30.8 Å². The highest BCUT2D eigenvalue weighted by atomic mass is 19.1. The second kappa shape index (κ2) is 6.46. The van der Waals surface area contributed by atoms with E-state index in [1.807, 2.05) is 0 Å². The molecule has 1 aliphatic heterocycles. The fourth-order valence-electron chi connectivity index (χ4n) is 3.01. The van der Waals surface area contributed by atoms with Crippen LogP contribution in [0.2, 0.25) is 0 Å². The molecule has 2 unspecified atom stereocenters. The van der Waals surface area contributed by atoms with E-state index in [-0.39, 0.29) is 18.0 Å². The van der Waals surface area contributed by atoms with Crippen LogP contribution in [0.15, 0.2) is 24.3 Å². The summed E-state index contributed by atoms with van der Waals surface area (Å²) in [7, 11) is 4.15. The van der Waals surface area contributed by atoms with Crippen LogP contribution in [-0.4, -0.2) is 55.4 Å². The summed E-state index contributed by atoms with van der Waals surface area (Å²) >= 11 is 0. The zero-order valence-electron chi connectivity index (χ0n) is 12.5. The molecule has 2 rings (SSSR count). The molecule has 1 saturated heterocycles. The summed E-state index contributed by atoms with van der Waals surface area (Å²) in [6, 6.07) is 7.00. The average Bonchev–Trinajstić information content (AvgIpc) is 2.73. The first kappa shape index (κ1) is 15.1. The Labute approximate surface area is 120 Å². The maximum Gasteiger partial charge on any atom is 0.151 e. The number of carbonyl (C=O) groups is 1. The summed E-state index contributed by atoms with van der Waals surface area (Å²) in [6.07, 6.45) is 0.185. The van der Waals surface area contributed by atoms with Gasteiger partial charge in [0, 0.05) is 25.6 Å². The van der Waals surface area contributed by atoms with Crippen LogP contribution in [0.3, 0.4) is 0 Å². The van der Waals surface area contributed by atoms with Gasteiger partial charge in [0.05, 0.1) is 6.54 Å². The van der Waals surface area contributed by atoms with E-state index < -0.39 is 0 Å². The molecule has 20 heavy (non-hydrogen) atoms. The Kier molecular flexibility index (Phi) is 4.89. The highest BCUT2D eigenvalue weighted by Crippen LogP contribution is 2.20. The molecule has 0 bridgehead atoms. The number of likely N-dealkylation sites (N-methyl/N-ethyl adjacent to an activating group) is 1. The molecule has 1 fully saturated rings. The van der Waals surface area contributed by atoms with Crippen molar-refractivity contribution in [2.75, 3.05) is 33.7 Å².